The minimum absolute atomic E-state index is 0.155. The first kappa shape index (κ1) is 18.6. The van der Waals surface area contributed by atoms with Crippen molar-refractivity contribution in [2.75, 3.05) is 13.1 Å². The maximum Gasteiger partial charge on any atom is 0.275 e. The molecule has 0 aliphatic carbocycles. The van der Waals surface area contributed by atoms with Crippen LogP contribution in [0, 0.1) is 11.6 Å². The predicted molar refractivity (Wildman–Crippen MR) is 97.8 cm³/mol. The molecule has 10 heteroatoms. The predicted octanol–water partition coefficient (Wildman–Crippen LogP) is 2.51. The van der Waals surface area contributed by atoms with Gasteiger partial charge in [-0.3, -0.25) is 9.59 Å². The molecule has 4 heterocycles. The Bertz CT molecular complexity index is 942. The van der Waals surface area contributed by atoms with Crippen LogP contribution in [0.1, 0.15) is 47.8 Å². The van der Waals surface area contributed by atoms with Gasteiger partial charge in [0.15, 0.2) is 11.3 Å². The van der Waals surface area contributed by atoms with Gasteiger partial charge in [0.25, 0.3) is 11.8 Å². The van der Waals surface area contributed by atoms with Crippen LogP contribution in [-0.4, -0.2) is 56.1 Å². The Morgan fingerprint density at radius 2 is 1.90 bits per heavy atom. The van der Waals surface area contributed by atoms with E-state index in [4.69, 9.17) is 4.74 Å². The van der Waals surface area contributed by atoms with Crippen molar-refractivity contribution in [2.24, 2.45) is 0 Å². The SMILES string of the molecule is O=C(c1csnn1)N1CCC2(CC1)OC1CCC(c3cc(F)cc(F)c3)N1C2=O. The Morgan fingerprint density at radius 1 is 1.17 bits per heavy atom. The van der Waals surface area contributed by atoms with Crippen molar-refractivity contribution in [3.8, 4) is 0 Å². The summed E-state index contributed by atoms with van der Waals surface area (Å²) in [6.07, 6.45) is 1.57. The smallest absolute Gasteiger partial charge is 0.275 e. The summed E-state index contributed by atoms with van der Waals surface area (Å²) in [6.45, 7) is 0.754. The minimum Gasteiger partial charge on any atom is -0.342 e. The van der Waals surface area contributed by atoms with E-state index in [1.807, 2.05) is 0 Å². The van der Waals surface area contributed by atoms with E-state index in [2.05, 4.69) is 9.59 Å². The Labute approximate surface area is 169 Å². The molecule has 5 rings (SSSR count). The molecule has 1 spiro atoms. The number of piperidine rings is 1. The molecule has 0 radical (unpaired) electrons. The summed E-state index contributed by atoms with van der Waals surface area (Å²) in [5, 5.41) is 5.41. The maximum atomic E-state index is 13.7. The Morgan fingerprint density at radius 3 is 2.55 bits per heavy atom. The molecule has 7 nitrogen and oxygen atoms in total. The van der Waals surface area contributed by atoms with E-state index < -0.39 is 29.5 Å². The summed E-state index contributed by atoms with van der Waals surface area (Å²) >= 11 is 1.11. The van der Waals surface area contributed by atoms with Crippen LogP contribution in [0.25, 0.3) is 0 Å². The van der Waals surface area contributed by atoms with Gasteiger partial charge in [0.2, 0.25) is 0 Å². The fraction of sp³-hybridized carbons (Fsp3) is 0.474. The van der Waals surface area contributed by atoms with Gasteiger partial charge in [0, 0.05) is 37.4 Å². The third kappa shape index (κ3) is 3.01. The van der Waals surface area contributed by atoms with Crippen LogP contribution < -0.4 is 0 Å². The third-order valence-electron chi connectivity index (χ3n) is 6.03. The number of benzene rings is 1. The normalized spacial score (nSPS) is 25.7. The van der Waals surface area contributed by atoms with Crippen LogP contribution in [0.2, 0.25) is 0 Å². The Balaban J connectivity index is 1.33. The standard InChI is InChI=1S/C19H18F2N4O3S/c20-12-7-11(8-13(21)9-12)15-1-2-16-25(15)18(27)19(28-16)3-5-24(6-4-19)17(26)14-10-29-23-22-14/h7-10,15-16H,1-6H2. The molecule has 2 aromatic rings. The number of rotatable bonds is 2. The molecule has 3 aliphatic rings. The second-order valence-electron chi connectivity index (χ2n) is 7.66. The van der Waals surface area contributed by atoms with Crippen molar-refractivity contribution in [2.45, 2.75) is 43.6 Å². The van der Waals surface area contributed by atoms with Crippen molar-refractivity contribution < 1.29 is 23.1 Å². The number of likely N-dealkylation sites (tertiary alicyclic amines) is 1. The molecule has 29 heavy (non-hydrogen) atoms. The van der Waals surface area contributed by atoms with Gasteiger partial charge in [0.05, 0.1) is 6.04 Å². The first-order valence-electron chi connectivity index (χ1n) is 9.50. The molecule has 2 atom stereocenters. The molecule has 0 N–H and O–H groups in total. The number of nitrogens with zero attached hydrogens (tertiary/aromatic N) is 4. The van der Waals surface area contributed by atoms with Crippen LogP contribution in [-0.2, 0) is 9.53 Å². The van der Waals surface area contributed by atoms with E-state index in [0.29, 0.717) is 50.0 Å². The lowest BCUT2D eigenvalue weighted by Gasteiger charge is -2.37. The number of carbonyl (C=O) groups is 2. The van der Waals surface area contributed by atoms with Crippen molar-refractivity contribution in [3.05, 3.63) is 46.5 Å². The van der Waals surface area contributed by atoms with Crippen molar-refractivity contribution in [1.82, 2.24) is 19.4 Å². The first-order chi connectivity index (χ1) is 14.0. The zero-order valence-corrected chi connectivity index (χ0v) is 16.2. The average molecular weight is 420 g/mol. The van der Waals surface area contributed by atoms with Crippen molar-refractivity contribution in [1.29, 1.82) is 0 Å². The lowest BCUT2D eigenvalue weighted by molar-refractivity contribution is -0.142. The van der Waals surface area contributed by atoms with Crippen LogP contribution in [0.4, 0.5) is 8.78 Å². The number of fused-ring (bicyclic) bond motifs is 1. The van der Waals surface area contributed by atoms with E-state index in [-0.39, 0.29) is 11.8 Å². The molecule has 152 valence electrons. The number of amides is 2. The summed E-state index contributed by atoms with van der Waals surface area (Å²) in [7, 11) is 0. The zero-order valence-electron chi connectivity index (χ0n) is 15.4. The number of ether oxygens (including phenoxy) is 1. The van der Waals surface area contributed by atoms with Gasteiger partial charge >= 0.3 is 0 Å². The second kappa shape index (κ2) is 6.81. The van der Waals surface area contributed by atoms with E-state index in [1.165, 1.54) is 12.1 Å². The van der Waals surface area contributed by atoms with Gasteiger partial charge in [-0.1, -0.05) is 4.49 Å². The average Bonchev–Trinajstić information content (AvgIpc) is 3.41. The van der Waals surface area contributed by atoms with Crippen molar-refractivity contribution >= 4 is 23.3 Å². The fourth-order valence-corrected chi connectivity index (χ4v) is 5.06. The lowest BCUT2D eigenvalue weighted by Crippen LogP contribution is -2.51. The monoisotopic (exact) mass is 420 g/mol. The minimum atomic E-state index is -0.980. The third-order valence-corrected chi connectivity index (χ3v) is 6.53. The number of carbonyl (C=O) groups excluding carboxylic acids is 2. The molecule has 0 saturated carbocycles. The highest BCUT2D eigenvalue weighted by molar-refractivity contribution is 7.03. The molecule has 1 aromatic heterocycles. The maximum absolute atomic E-state index is 13.7. The summed E-state index contributed by atoms with van der Waals surface area (Å²) in [6, 6.07) is 2.97. The zero-order chi connectivity index (χ0) is 20.2. The molecule has 3 saturated heterocycles. The molecule has 1 aromatic carbocycles. The Hall–Kier alpha value is -2.46. The highest BCUT2D eigenvalue weighted by atomic mass is 32.1. The van der Waals surface area contributed by atoms with E-state index >= 15 is 0 Å². The summed E-state index contributed by atoms with van der Waals surface area (Å²) in [5.74, 6) is -1.67. The molecule has 2 unspecified atom stereocenters. The fourth-order valence-electron chi connectivity index (χ4n) is 4.63. The number of hydrogen-bond donors (Lipinski definition) is 0. The molecular weight excluding hydrogens is 402 g/mol. The number of hydrogen-bond acceptors (Lipinski definition) is 6. The highest BCUT2D eigenvalue weighted by Gasteiger charge is 2.58. The second-order valence-corrected chi connectivity index (χ2v) is 8.27. The van der Waals surface area contributed by atoms with Crippen molar-refractivity contribution in [3.63, 3.8) is 0 Å². The quantitative estimate of drug-likeness (QED) is 0.746. The van der Waals surface area contributed by atoms with E-state index in [1.54, 1.807) is 15.2 Å². The summed E-state index contributed by atoms with van der Waals surface area (Å²) < 4.78 is 37.3. The molecule has 3 aliphatic heterocycles. The summed E-state index contributed by atoms with van der Waals surface area (Å²) in [5.41, 5.74) is -0.229. The Kier molecular flexibility index (Phi) is 4.36. The summed E-state index contributed by atoms with van der Waals surface area (Å²) in [4.78, 5) is 29.1. The molecule has 0 bridgehead atoms. The van der Waals surface area contributed by atoms with Crippen LogP contribution >= 0.6 is 11.5 Å². The van der Waals surface area contributed by atoms with E-state index in [9.17, 15) is 18.4 Å². The molecule has 3 fully saturated rings. The highest BCUT2D eigenvalue weighted by Crippen LogP contribution is 2.47. The van der Waals surface area contributed by atoms with E-state index in [0.717, 1.165) is 17.6 Å². The van der Waals surface area contributed by atoms with Gasteiger partial charge in [0.1, 0.15) is 17.9 Å². The van der Waals surface area contributed by atoms with Crippen LogP contribution in [0.15, 0.2) is 23.6 Å². The number of aromatic nitrogens is 2. The van der Waals surface area contributed by atoms with Gasteiger partial charge in [-0.25, -0.2) is 8.78 Å². The topological polar surface area (TPSA) is 75.6 Å². The van der Waals surface area contributed by atoms with Crippen LogP contribution in [0.5, 0.6) is 0 Å². The van der Waals surface area contributed by atoms with Gasteiger partial charge in [-0.15, -0.1) is 5.10 Å². The van der Waals surface area contributed by atoms with Gasteiger partial charge in [-0.2, -0.15) is 0 Å². The first-order valence-corrected chi connectivity index (χ1v) is 10.3. The largest absolute Gasteiger partial charge is 0.342 e. The van der Waals surface area contributed by atoms with Gasteiger partial charge in [-0.05, 0) is 42.1 Å². The molecular formula is C19H18F2N4O3S. The van der Waals surface area contributed by atoms with Crippen LogP contribution in [0.3, 0.4) is 0 Å². The number of halogens is 2. The lowest BCUT2D eigenvalue weighted by atomic mass is 9.89. The molecule has 2 amide bonds. The van der Waals surface area contributed by atoms with Gasteiger partial charge < -0.3 is 14.5 Å².